The van der Waals surface area contributed by atoms with E-state index in [1.165, 1.54) is 30.6 Å². The normalized spacial score (nSPS) is 9.67. The fourth-order valence-electron chi connectivity index (χ4n) is 1.58. The van der Waals surface area contributed by atoms with E-state index in [2.05, 4.69) is 22.1 Å². The molecule has 2 rings (SSSR count). The number of carbonyl (C=O) groups is 1. The molecule has 0 radical (unpaired) electrons. The molecule has 6 heteroatoms. The molecule has 0 saturated carbocycles. The summed E-state index contributed by atoms with van der Waals surface area (Å²) in [6, 6.07) is 5.02. The molecule has 0 unspecified atom stereocenters. The van der Waals surface area contributed by atoms with Crippen LogP contribution in [-0.2, 0) is 0 Å². The highest BCUT2D eigenvalue weighted by atomic mass is 19.2. The Bertz CT molecular complexity index is 735. The first-order valence-electron chi connectivity index (χ1n) is 6.01. The Kier molecular flexibility index (Phi) is 4.59. The minimum absolute atomic E-state index is 0.183. The van der Waals surface area contributed by atoms with Gasteiger partial charge >= 0.3 is 0 Å². The molecule has 0 bridgehead atoms. The Hall–Kier alpha value is -2.78. The molecule has 0 aliphatic carbocycles. The summed E-state index contributed by atoms with van der Waals surface area (Å²) in [6.45, 7) is 0.185. The largest absolute Gasteiger partial charge is 0.320 e. The van der Waals surface area contributed by atoms with Crippen LogP contribution in [0.25, 0.3) is 0 Å². The maximum absolute atomic E-state index is 13.5. The van der Waals surface area contributed by atoms with Crippen molar-refractivity contribution in [3.05, 3.63) is 59.4 Å². The lowest BCUT2D eigenvalue weighted by molar-refractivity contribution is 0.102. The van der Waals surface area contributed by atoms with Crippen LogP contribution in [0.15, 0.2) is 36.7 Å². The summed E-state index contributed by atoms with van der Waals surface area (Å²) in [7, 11) is 0. The monoisotopic (exact) mass is 287 g/mol. The number of nitrogens with zero attached hydrogens (tertiary/aromatic N) is 1. The van der Waals surface area contributed by atoms with Gasteiger partial charge in [0.25, 0.3) is 5.91 Å². The van der Waals surface area contributed by atoms with Crippen LogP contribution in [-0.4, -0.2) is 17.4 Å². The van der Waals surface area contributed by atoms with Crippen LogP contribution in [0.1, 0.15) is 15.9 Å². The third-order valence-corrected chi connectivity index (χ3v) is 2.54. The predicted molar refractivity (Wildman–Crippen MR) is 74.5 cm³/mol. The maximum atomic E-state index is 13.5. The Balaban J connectivity index is 2.22. The highest BCUT2D eigenvalue weighted by Gasteiger charge is 2.12. The lowest BCUT2D eigenvalue weighted by Gasteiger charge is -2.06. The first kappa shape index (κ1) is 14.6. The zero-order chi connectivity index (χ0) is 15.2. The fourth-order valence-corrected chi connectivity index (χ4v) is 1.58. The molecule has 0 aliphatic heterocycles. The number of nitrogens with one attached hydrogen (secondary N) is 1. The van der Waals surface area contributed by atoms with Crippen LogP contribution in [0.4, 0.5) is 14.5 Å². The molecule has 21 heavy (non-hydrogen) atoms. The van der Waals surface area contributed by atoms with Crippen LogP contribution in [0.5, 0.6) is 0 Å². The van der Waals surface area contributed by atoms with E-state index >= 15 is 0 Å². The predicted octanol–water partition coefficient (Wildman–Crippen LogP) is 1.92. The van der Waals surface area contributed by atoms with E-state index in [1.54, 1.807) is 0 Å². The van der Waals surface area contributed by atoms with E-state index in [0.717, 1.165) is 6.07 Å². The molecule has 1 aromatic carbocycles. The SMILES string of the molecule is NCC#Cc1cncc(C(=O)Nc2cccc(F)c2F)c1. The van der Waals surface area contributed by atoms with E-state index in [9.17, 15) is 13.6 Å². The van der Waals surface area contributed by atoms with Gasteiger partial charge in [0.05, 0.1) is 17.8 Å². The molecule has 0 aliphatic rings. The van der Waals surface area contributed by atoms with Crippen LogP contribution in [0.2, 0.25) is 0 Å². The molecule has 1 aromatic heterocycles. The molecular formula is C15H11F2N3O. The summed E-state index contributed by atoms with van der Waals surface area (Å²) in [6.07, 6.45) is 2.78. The molecule has 0 atom stereocenters. The van der Waals surface area contributed by atoms with Gasteiger partial charge in [0, 0.05) is 18.0 Å². The van der Waals surface area contributed by atoms with Crippen molar-refractivity contribution in [2.24, 2.45) is 5.73 Å². The minimum atomic E-state index is -1.11. The quantitative estimate of drug-likeness (QED) is 0.829. The van der Waals surface area contributed by atoms with Crippen LogP contribution in [0.3, 0.4) is 0 Å². The van der Waals surface area contributed by atoms with E-state index in [4.69, 9.17) is 5.73 Å². The standard InChI is InChI=1S/C15H11F2N3O/c16-12-4-1-5-13(14(12)17)20-15(21)11-7-10(3-2-6-18)8-19-9-11/h1,4-5,7-9H,6,18H2,(H,20,21). The van der Waals surface area contributed by atoms with Gasteiger partial charge in [0.1, 0.15) is 0 Å². The van der Waals surface area contributed by atoms with Gasteiger partial charge in [-0.3, -0.25) is 9.78 Å². The number of hydrogen-bond donors (Lipinski definition) is 2. The van der Waals surface area contributed by atoms with Crippen LogP contribution >= 0.6 is 0 Å². The molecule has 0 spiro atoms. The van der Waals surface area contributed by atoms with Gasteiger partial charge in [-0.25, -0.2) is 8.78 Å². The van der Waals surface area contributed by atoms with Crippen molar-refractivity contribution in [1.82, 2.24) is 4.98 Å². The van der Waals surface area contributed by atoms with Crippen molar-refractivity contribution < 1.29 is 13.6 Å². The summed E-state index contributed by atoms with van der Waals surface area (Å²) >= 11 is 0. The number of carbonyl (C=O) groups excluding carboxylic acids is 1. The zero-order valence-electron chi connectivity index (χ0n) is 10.9. The second-order valence-electron chi connectivity index (χ2n) is 4.02. The molecule has 0 fully saturated rings. The number of rotatable bonds is 2. The highest BCUT2D eigenvalue weighted by Crippen LogP contribution is 2.17. The number of benzene rings is 1. The van der Waals surface area contributed by atoms with Crippen molar-refractivity contribution in [2.45, 2.75) is 0 Å². The second-order valence-corrected chi connectivity index (χ2v) is 4.02. The molecular weight excluding hydrogens is 276 g/mol. The smallest absolute Gasteiger partial charge is 0.257 e. The molecule has 1 heterocycles. The molecule has 2 aromatic rings. The molecule has 106 valence electrons. The number of anilines is 1. The first-order valence-corrected chi connectivity index (χ1v) is 6.01. The minimum Gasteiger partial charge on any atom is -0.320 e. The highest BCUT2D eigenvalue weighted by molar-refractivity contribution is 6.04. The fraction of sp³-hybridized carbons (Fsp3) is 0.0667. The van der Waals surface area contributed by atoms with Crippen molar-refractivity contribution >= 4 is 11.6 Å². The van der Waals surface area contributed by atoms with E-state index < -0.39 is 17.5 Å². The lowest BCUT2D eigenvalue weighted by Crippen LogP contribution is -2.14. The summed E-state index contributed by atoms with van der Waals surface area (Å²) in [4.78, 5) is 15.9. The third kappa shape index (κ3) is 3.61. The van der Waals surface area contributed by atoms with Gasteiger partial charge in [0.15, 0.2) is 11.6 Å². The van der Waals surface area contributed by atoms with Gasteiger partial charge < -0.3 is 11.1 Å². The Morgan fingerprint density at radius 3 is 2.90 bits per heavy atom. The average Bonchev–Trinajstić information content (AvgIpc) is 2.50. The van der Waals surface area contributed by atoms with Gasteiger partial charge in [-0.2, -0.15) is 0 Å². The number of pyridine rings is 1. The van der Waals surface area contributed by atoms with E-state index in [1.807, 2.05) is 0 Å². The second kappa shape index (κ2) is 6.59. The average molecular weight is 287 g/mol. The van der Waals surface area contributed by atoms with E-state index in [-0.39, 0.29) is 17.8 Å². The van der Waals surface area contributed by atoms with Gasteiger partial charge in [-0.15, -0.1) is 0 Å². The molecule has 3 N–H and O–H groups in total. The number of hydrogen-bond acceptors (Lipinski definition) is 3. The zero-order valence-corrected chi connectivity index (χ0v) is 10.9. The van der Waals surface area contributed by atoms with Crippen LogP contribution in [0, 0.1) is 23.5 Å². The molecule has 0 saturated heterocycles. The molecule has 1 amide bonds. The van der Waals surface area contributed by atoms with Crippen molar-refractivity contribution in [3.8, 4) is 11.8 Å². The van der Waals surface area contributed by atoms with Gasteiger partial charge in [-0.1, -0.05) is 17.9 Å². The topological polar surface area (TPSA) is 68.0 Å². The number of amides is 1. The lowest BCUT2D eigenvalue weighted by atomic mass is 10.2. The van der Waals surface area contributed by atoms with Crippen molar-refractivity contribution in [1.29, 1.82) is 0 Å². The van der Waals surface area contributed by atoms with Crippen molar-refractivity contribution in [3.63, 3.8) is 0 Å². The van der Waals surface area contributed by atoms with E-state index in [0.29, 0.717) is 5.56 Å². The summed E-state index contributed by atoms with van der Waals surface area (Å²) < 4.78 is 26.5. The van der Waals surface area contributed by atoms with Crippen molar-refractivity contribution in [2.75, 3.05) is 11.9 Å². The van der Waals surface area contributed by atoms with Gasteiger partial charge in [0.2, 0.25) is 0 Å². The third-order valence-electron chi connectivity index (χ3n) is 2.54. The Morgan fingerprint density at radius 2 is 2.14 bits per heavy atom. The number of halogens is 2. The number of nitrogens with two attached hydrogens (primary N) is 1. The summed E-state index contributed by atoms with van der Waals surface area (Å²) in [5, 5.41) is 2.28. The summed E-state index contributed by atoms with van der Waals surface area (Å²) in [5.74, 6) is 2.61. The summed E-state index contributed by atoms with van der Waals surface area (Å²) in [5.41, 5.74) is 5.71. The first-order chi connectivity index (χ1) is 10.1. The van der Waals surface area contributed by atoms with Gasteiger partial charge in [-0.05, 0) is 18.2 Å². The Labute approximate surface area is 120 Å². The van der Waals surface area contributed by atoms with Crippen LogP contribution < -0.4 is 11.1 Å². The maximum Gasteiger partial charge on any atom is 0.257 e. The molecule has 4 nitrogen and oxygen atoms in total. The number of aromatic nitrogens is 1. The Morgan fingerprint density at radius 1 is 1.33 bits per heavy atom.